The number of benzene rings is 2. The maximum Gasteiger partial charge on any atom is 0.237 e. The molecule has 6 heteroatoms. The Bertz CT molecular complexity index is 715. The Hall–Kier alpha value is -2.60. The largest absolute Gasteiger partial charge is 0.370 e. The summed E-state index contributed by atoms with van der Waals surface area (Å²) in [7, 11) is 0. The van der Waals surface area contributed by atoms with Crippen molar-refractivity contribution in [3.8, 4) is 0 Å². The summed E-state index contributed by atoms with van der Waals surface area (Å²) in [6, 6.07) is 13.6. The van der Waals surface area contributed by atoms with Crippen molar-refractivity contribution < 1.29 is 4.79 Å². The highest BCUT2D eigenvalue weighted by atomic mass is 16.2. The summed E-state index contributed by atoms with van der Waals surface area (Å²) < 4.78 is 0. The van der Waals surface area contributed by atoms with Crippen molar-refractivity contribution >= 4 is 22.6 Å². The topological polar surface area (TPSA) is 117 Å². The van der Waals surface area contributed by atoms with Gasteiger partial charge in [-0.1, -0.05) is 36.4 Å². The molecular formula is C18H25N5O. The van der Waals surface area contributed by atoms with Crippen molar-refractivity contribution in [1.82, 2.24) is 10.6 Å². The highest BCUT2D eigenvalue weighted by molar-refractivity contribution is 5.84. The van der Waals surface area contributed by atoms with Gasteiger partial charge in [-0.05, 0) is 42.2 Å². The summed E-state index contributed by atoms with van der Waals surface area (Å²) in [4.78, 5) is 12.2. The first kappa shape index (κ1) is 17.7. The van der Waals surface area contributed by atoms with Gasteiger partial charge in [-0.15, -0.1) is 0 Å². The fourth-order valence-corrected chi connectivity index (χ4v) is 2.56. The highest BCUT2D eigenvalue weighted by Gasteiger charge is 2.16. The van der Waals surface area contributed by atoms with E-state index in [4.69, 9.17) is 16.9 Å². The predicted octanol–water partition coefficient (Wildman–Crippen LogP) is 1.61. The number of carbonyl (C=O) groups is 1. The van der Waals surface area contributed by atoms with Crippen molar-refractivity contribution in [3.05, 3.63) is 48.0 Å². The molecule has 0 heterocycles. The average Bonchev–Trinajstić information content (AvgIpc) is 2.57. The minimum atomic E-state index is -0.568. The summed E-state index contributed by atoms with van der Waals surface area (Å²) in [5, 5.41) is 15.0. The molecular weight excluding hydrogens is 302 g/mol. The van der Waals surface area contributed by atoms with Crippen LogP contribution in [0.2, 0.25) is 0 Å². The van der Waals surface area contributed by atoms with E-state index in [0.717, 1.165) is 10.9 Å². The zero-order chi connectivity index (χ0) is 17.5. The van der Waals surface area contributed by atoms with E-state index in [1.807, 2.05) is 25.1 Å². The Labute approximate surface area is 142 Å². The molecule has 0 unspecified atom stereocenters. The molecule has 0 radical (unpaired) electrons. The second-order valence-electron chi connectivity index (χ2n) is 5.93. The quantitative estimate of drug-likeness (QED) is 0.302. The Morgan fingerprint density at radius 1 is 1.21 bits per heavy atom. The van der Waals surface area contributed by atoms with Gasteiger partial charge in [-0.3, -0.25) is 10.2 Å². The third-order valence-corrected chi connectivity index (χ3v) is 3.98. The van der Waals surface area contributed by atoms with Gasteiger partial charge in [0.15, 0.2) is 5.96 Å². The molecule has 0 bridgehead atoms. The molecule has 0 fully saturated rings. The van der Waals surface area contributed by atoms with Gasteiger partial charge in [0.1, 0.15) is 0 Å². The standard InChI is InChI=1S/C18H25N5O/c1-12(14-9-8-13-5-2-3-6-15(13)11-14)23-17(24)16(19)7-4-10-22-18(20)21/h2-3,5-6,8-9,11-12,16H,4,7,10,19H2,1H3,(H,23,24)(H4,20,21,22)/t12-,16+/m1/s1. The van der Waals surface area contributed by atoms with E-state index in [-0.39, 0.29) is 17.9 Å². The van der Waals surface area contributed by atoms with Crippen LogP contribution in [0.4, 0.5) is 0 Å². The van der Waals surface area contributed by atoms with E-state index < -0.39 is 6.04 Å². The van der Waals surface area contributed by atoms with Gasteiger partial charge in [0.05, 0.1) is 12.1 Å². The number of hydrogen-bond acceptors (Lipinski definition) is 3. The lowest BCUT2D eigenvalue weighted by Gasteiger charge is -2.18. The van der Waals surface area contributed by atoms with Gasteiger partial charge in [0.2, 0.25) is 5.91 Å². The van der Waals surface area contributed by atoms with Crippen LogP contribution in [0, 0.1) is 5.41 Å². The van der Waals surface area contributed by atoms with E-state index in [2.05, 4.69) is 34.9 Å². The fourth-order valence-electron chi connectivity index (χ4n) is 2.56. The second-order valence-corrected chi connectivity index (χ2v) is 5.93. The first-order chi connectivity index (χ1) is 11.5. The Balaban J connectivity index is 1.88. The lowest BCUT2D eigenvalue weighted by atomic mass is 10.0. The molecule has 0 saturated heterocycles. The average molecular weight is 327 g/mol. The maximum absolute atomic E-state index is 12.2. The first-order valence-corrected chi connectivity index (χ1v) is 8.10. The zero-order valence-corrected chi connectivity index (χ0v) is 13.9. The fraction of sp³-hybridized carbons (Fsp3) is 0.333. The number of amides is 1. The van der Waals surface area contributed by atoms with Crippen LogP contribution in [0.15, 0.2) is 42.5 Å². The van der Waals surface area contributed by atoms with E-state index in [9.17, 15) is 4.79 Å². The molecule has 2 atom stereocenters. The van der Waals surface area contributed by atoms with Crippen LogP contribution in [-0.2, 0) is 4.79 Å². The smallest absolute Gasteiger partial charge is 0.237 e. The summed E-state index contributed by atoms with van der Waals surface area (Å²) in [6.45, 7) is 2.49. The summed E-state index contributed by atoms with van der Waals surface area (Å²) in [5.41, 5.74) is 12.2. The number of nitrogens with one attached hydrogen (secondary N) is 3. The minimum Gasteiger partial charge on any atom is -0.370 e. The molecule has 2 aromatic rings. The van der Waals surface area contributed by atoms with Crippen LogP contribution >= 0.6 is 0 Å². The summed E-state index contributed by atoms with van der Waals surface area (Å²) >= 11 is 0. The normalized spacial score (nSPS) is 13.2. The molecule has 6 nitrogen and oxygen atoms in total. The van der Waals surface area contributed by atoms with Gasteiger partial charge >= 0.3 is 0 Å². The monoisotopic (exact) mass is 327 g/mol. The van der Waals surface area contributed by atoms with E-state index in [1.54, 1.807) is 0 Å². The molecule has 7 N–H and O–H groups in total. The van der Waals surface area contributed by atoms with Gasteiger partial charge < -0.3 is 22.1 Å². The Kier molecular flexibility index (Phi) is 6.14. The van der Waals surface area contributed by atoms with Gasteiger partial charge in [0, 0.05) is 6.54 Å². The van der Waals surface area contributed by atoms with Crippen LogP contribution < -0.4 is 22.1 Å². The molecule has 0 aliphatic carbocycles. The molecule has 0 aromatic heterocycles. The van der Waals surface area contributed by atoms with Crippen molar-refractivity contribution in [1.29, 1.82) is 5.41 Å². The maximum atomic E-state index is 12.2. The van der Waals surface area contributed by atoms with Crippen LogP contribution in [-0.4, -0.2) is 24.5 Å². The third kappa shape index (κ3) is 4.96. The highest BCUT2D eigenvalue weighted by Crippen LogP contribution is 2.20. The summed E-state index contributed by atoms with van der Waals surface area (Å²) in [5.74, 6) is -0.239. The van der Waals surface area contributed by atoms with Crippen LogP contribution in [0.5, 0.6) is 0 Å². The van der Waals surface area contributed by atoms with Crippen molar-refractivity contribution in [2.24, 2.45) is 11.5 Å². The number of rotatable bonds is 7. The van der Waals surface area contributed by atoms with Crippen molar-refractivity contribution in [3.63, 3.8) is 0 Å². The first-order valence-electron chi connectivity index (χ1n) is 8.10. The third-order valence-electron chi connectivity index (χ3n) is 3.98. The summed E-state index contributed by atoms with van der Waals surface area (Å²) in [6.07, 6.45) is 1.22. The zero-order valence-electron chi connectivity index (χ0n) is 13.9. The Morgan fingerprint density at radius 2 is 1.92 bits per heavy atom. The van der Waals surface area contributed by atoms with Crippen LogP contribution in [0.1, 0.15) is 31.4 Å². The minimum absolute atomic E-state index is 0.0713. The molecule has 1 amide bonds. The van der Waals surface area contributed by atoms with Gasteiger partial charge in [-0.25, -0.2) is 0 Å². The van der Waals surface area contributed by atoms with Gasteiger partial charge in [0.25, 0.3) is 0 Å². The van der Waals surface area contributed by atoms with E-state index in [0.29, 0.717) is 19.4 Å². The van der Waals surface area contributed by atoms with Crippen LogP contribution in [0.3, 0.4) is 0 Å². The number of nitrogens with two attached hydrogens (primary N) is 2. The molecule has 128 valence electrons. The van der Waals surface area contributed by atoms with Crippen molar-refractivity contribution in [2.45, 2.75) is 31.8 Å². The predicted molar refractivity (Wildman–Crippen MR) is 97.6 cm³/mol. The molecule has 24 heavy (non-hydrogen) atoms. The van der Waals surface area contributed by atoms with Crippen LogP contribution in [0.25, 0.3) is 10.8 Å². The molecule has 0 aliphatic rings. The number of carbonyl (C=O) groups excluding carboxylic acids is 1. The molecule has 2 aromatic carbocycles. The SMILES string of the molecule is C[C@@H](NC(=O)[C@@H](N)CCCNC(=N)N)c1ccc2ccccc2c1. The molecule has 0 aliphatic heterocycles. The molecule has 0 saturated carbocycles. The lowest BCUT2D eigenvalue weighted by Crippen LogP contribution is -2.42. The number of hydrogen-bond donors (Lipinski definition) is 5. The molecule has 2 rings (SSSR count). The Morgan fingerprint density at radius 3 is 2.62 bits per heavy atom. The number of fused-ring (bicyclic) bond motifs is 1. The second kappa shape index (κ2) is 8.31. The van der Waals surface area contributed by atoms with Crippen molar-refractivity contribution in [2.75, 3.05) is 6.54 Å². The molecule has 0 spiro atoms. The van der Waals surface area contributed by atoms with E-state index >= 15 is 0 Å². The number of guanidine groups is 1. The van der Waals surface area contributed by atoms with E-state index in [1.165, 1.54) is 5.39 Å². The lowest BCUT2D eigenvalue weighted by molar-refractivity contribution is -0.123. The van der Waals surface area contributed by atoms with Gasteiger partial charge in [-0.2, -0.15) is 0 Å².